The van der Waals surface area contributed by atoms with Crippen LogP contribution in [0.1, 0.15) is 5.82 Å². The van der Waals surface area contributed by atoms with Crippen molar-refractivity contribution in [2.24, 2.45) is 0 Å². The summed E-state index contributed by atoms with van der Waals surface area (Å²) in [4.78, 5) is 4.51. The third-order valence-corrected chi connectivity index (χ3v) is 4.17. The van der Waals surface area contributed by atoms with Crippen molar-refractivity contribution in [3.63, 3.8) is 0 Å². The molecule has 102 valence electrons. The van der Waals surface area contributed by atoms with Crippen LogP contribution in [-0.2, 0) is 5.88 Å². The summed E-state index contributed by atoms with van der Waals surface area (Å²) in [6.45, 7) is 0. The first kappa shape index (κ1) is 14.1. The first-order valence-corrected chi connectivity index (χ1v) is 7.77. The molecule has 2 aromatic carbocycles. The summed E-state index contributed by atoms with van der Waals surface area (Å²) in [5.74, 6) is 0.557. The van der Waals surface area contributed by atoms with E-state index in [1.165, 1.54) is 12.1 Å². The number of benzene rings is 2. The molecular weight excluding hydrogens is 413 g/mol. The molecule has 0 radical (unpaired) electrons. The van der Waals surface area contributed by atoms with Crippen molar-refractivity contribution in [3.8, 4) is 5.69 Å². The second-order valence-electron chi connectivity index (χ2n) is 4.23. The Balaban J connectivity index is 2.34. The van der Waals surface area contributed by atoms with Crippen molar-refractivity contribution < 1.29 is 4.39 Å². The fourth-order valence-electron chi connectivity index (χ4n) is 2.12. The number of aromatic nitrogens is 2. The van der Waals surface area contributed by atoms with Crippen LogP contribution in [0.4, 0.5) is 4.39 Å². The third-order valence-electron chi connectivity index (χ3n) is 2.96. The van der Waals surface area contributed by atoms with E-state index < -0.39 is 0 Å². The van der Waals surface area contributed by atoms with E-state index in [1.807, 2.05) is 22.8 Å². The molecule has 0 aliphatic heterocycles. The standard InChI is InChI=1S/C14H8Cl2FIN2/c15-7-14-19-11-6-9(18)2-4-13(11)20(14)12-3-1-8(17)5-10(12)16/h1-6H,7H2. The third kappa shape index (κ3) is 2.40. The lowest BCUT2D eigenvalue weighted by Crippen LogP contribution is -2.00. The second-order valence-corrected chi connectivity index (χ2v) is 6.15. The summed E-state index contributed by atoms with van der Waals surface area (Å²) < 4.78 is 16.2. The Morgan fingerprint density at radius 3 is 2.70 bits per heavy atom. The number of alkyl halides is 1. The average molecular weight is 421 g/mol. The monoisotopic (exact) mass is 420 g/mol. The van der Waals surface area contributed by atoms with Gasteiger partial charge >= 0.3 is 0 Å². The van der Waals surface area contributed by atoms with Gasteiger partial charge in [0.15, 0.2) is 0 Å². The van der Waals surface area contributed by atoms with Crippen LogP contribution in [-0.4, -0.2) is 9.55 Å². The summed E-state index contributed by atoms with van der Waals surface area (Å²) >= 11 is 14.4. The van der Waals surface area contributed by atoms with Crippen LogP contribution in [0.25, 0.3) is 16.7 Å². The van der Waals surface area contributed by atoms with Gasteiger partial charge in [0.25, 0.3) is 0 Å². The molecule has 3 rings (SSSR count). The van der Waals surface area contributed by atoms with Gasteiger partial charge in [-0.05, 0) is 59.0 Å². The highest BCUT2D eigenvalue weighted by Crippen LogP contribution is 2.29. The van der Waals surface area contributed by atoms with Gasteiger partial charge in [0.05, 0.1) is 27.6 Å². The fourth-order valence-corrected chi connectivity index (χ4v) is 3.03. The van der Waals surface area contributed by atoms with E-state index in [0.717, 1.165) is 14.6 Å². The predicted octanol–water partition coefficient (Wildman–Crippen LogP) is 5.16. The predicted molar refractivity (Wildman–Crippen MR) is 88.3 cm³/mol. The van der Waals surface area contributed by atoms with Crippen LogP contribution in [0.5, 0.6) is 0 Å². The molecule has 0 aliphatic carbocycles. The van der Waals surface area contributed by atoms with Crippen molar-refractivity contribution >= 4 is 56.8 Å². The lowest BCUT2D eigenvalue weighted by Gasteiger charge is -2.10. The van der Waals surface area contributed by atoms with E-state index in [0.29, 0.717) is 16.5 Å². The smallest absolute Gasteiger partial charge is 0.129 e. The molecule has 0 N–H and O–H groups in total. The van der Waals surface area contributed by atoms with Crippen LogP contribution < -0.4 is 0 Å². The van der Waals surface area contributed by atoms with Crippen molar-refractivity contribution in [1.82, 2.24) is 9.55 Å². The Labute approximate surface area is 138 Å². The van der Waals surface area contributed by atoms with Crippen LogP contribution in [0.3, 0.4) is 0 Å². The SMILES string of the molecule is Fc1ccc(-n2c(CCl)nc3cc(I)ccc32)c(Cl)c1. The van der Waals surface area contributed by atoms with Gasteiger partial charge in [-0.2, -0.15) is 0 Å². The molecule has 20 heavy (non-hydrogen) atoms. The van der Waals surface area contributed by atoms with Gasteiger partial charge in [0, 0.05) is 3.57 Å². The maximum absolute atomic E-state index is 13.2. The maximum atomic E-state index is 13.2. The molecule has 1 heterocycles. The molecule has 0 saturated carbocycles. The van der Waals surface area contributed by atoms with E-state index in [2.05, 4.69) is 27.6 Å². The molecule has 0 amide bonds. The van der Waals surface area contributed by atoms with E-state index in [1.54, 1.807) is 6.07 Å². The number of fused-ring (bicyclic) bond motifs is 1. The van der Waals surface area contributed by atoms with Gasteiger partial charge in [-0.3, -0.25) is 4.57 Å². The Bertz CT molecular complexity index is 801. The molecule has 2 nitrogen and oxygen atoms in total. The normalized spacial score (nSPS) is 11.2. The first-order valence-electron chi connectivity index (χ1n) is 5.78. The number of halogens is 4. The van der Waals surface area contributed by atoms with Crippen molar-refractivity contribution in [1.29, 1.82) is 0 Å². The molecule has 0 unspecified atom stereocenters. The minimum atomic E-state index is -0.370. The highest BCUT2D eigenvalue weighted by atomic mass is 127. The highest BCUT2D eigenvalue weighted by molar-refractivity contribution is 14.1. The van der Waals surface area contributed by atoms with Crippen molar-refractivity contribution in [2.75, 3.05) is 0 Å². The van der Waals surface area contributed by atoms with Crippen LogP contribution in [0, 0.1) is 9.39 Å². The molecule has 0 fully saturated rings. The molecule has 0 spiro atoms. The van der Waals surface area contributed by atoms with Gasteiger partial charge in [0.1, 0.15) is 11.6 Å². The van der Waals surface area contributed by atoms with E-state index in [4.69, 9.17) is 23.2 Å². The van der Waals surface area contributed by atoms with Crippen LogP contribution in [0.15, 0.2) is 36.4 Å². The topological polar surface area (TPSA) is 17.8 Å². The fraction of sp³-hybridized carbons (Fsp3) is 0.0714. The van der Waals surface area contributed by atoms with Gasteiger partial charge in [-0.15, -0.1) is 11.6 Å². The minimum Gasteiger partial charge on any atom is -0.294 e. The average Bonchev–Trinajstić information content (AvgIpc) is 2.76. The molecule has 0 bridgehead atoms. The van der Waals surface area contributed by atoms with Gasteiger partial charge in [-0.1, -0.05) is 11.6 Å². The van der Waals surface area contributed by atoms with Crippen molar-refractivity contribution in [2.45, 2.75) is 5.88 Å². The van der Waals surface area contributed by atoms with E-state index in [-0.39, 0.29) is 11.7 Å². The molecule has 3 aromatic rings. The highest BCUT2D eigenvalue weighted by Gasteiger charge is 2.14. The number of rotatable bonds is 2. The number of nitrogens with zero attached hydrogens (tertiary/aromatic N) is 2. The lowest BCUT2D eigenvalue weighted by atomic mass is 10.2. The van der Waals surface area contributed by atoms with Gasteiger partial charge in [0.2, 0.25) is 0 Å². The summed E-state index contributed by atoms with van der Waals surface area (Å²) in [6, 6.07) is 10.2. The summed E-state index contributed by atoms with van der Waals surface area (Å²) in [6.07, 6.45) is 0. The maximum Gasteiger partial charge on any atom is 0.129 e. The molecule has 0 aliphatic rings. The molecule has 1 aromatic heterocycles. The number of hydrogen-bond donors (Lipinski definition) is 0. The Hall–Kier alpha value is -0.850. The first-order chi connectivity index (χ1) is 9.60. The second kappa shape index (κ2) is 5.50. The zero-order chi connectivity index (χ0) is 14.3. The minimum absolute atomic E-state index is 0.249. The van der Waals surface area contributed by atoms with Crippen molar-refractivity contribution in [3.05, 3.63) is 56.6 Å². The largest absolute Gasteiger partial charge is 0.294 e. The zero-order valence-corrected chi connectivity index (χ0v) is 13.7. The van der Waals surface area contributed by atoms with Gasteiger partial charge in [-0.25, -0.2) is 9.37 Å². The van der Waals surface area contributed by atoms with Crippen LogP contribution in [0.2, 0.25) is 5.02 Å². The Morgan fingerprint density at radius 2 is 2.00 bits per heavy atom. The number of hydrogen-bond acceptors (Lipinski definition) is 1. The van der Waals surface area contributed by atoms with Gasteiger partial charge < -0.3 is 0 Å². The lowest BCUT2D eigenvalue weighted by molar-refractivity contribution is 0.627. The van der Waals surface area contributed by atoms with E-state index in [9.17, 15) is 4.39 Å². The quantitative estimate of drug-likeness (QED) is 0.413. The Kier molecular flexibility index (Phi) is 3.88. The summed E-state index contributed by atoms with van der Waals surface area (Å²) in [5, 5.41) is 0.328. The summed E-state index contributed by atoms with van der Waals surface area (Å²) in [7, 11) is 0. The molecule has 0 saturated heterocycles. The number of imidazole rings is 1. The zero-order valence-electron chi connectivity index (χ0n) is 10.1. The Morgan fingerprint density at radius 1 is 1.20 bits per heavy atom. The van der Waals surface area contributed by atoms with Crippen LogP contribution >= 0.6 is 45.8 Å². The van der Waals surface area contributed by atoms with E-state index >= 15 is 0 Å². The molecule has 6 heteroatoms. The summed E-state index contributed by atoms with van der Waals surface area (Å²) in [5.41, 5.74) is 2.41. The molecule has 0 atom stereocenters. The molecular formula is C14H8Cl2FIN2.